The van der Waals surface area contributed by atoms with Gasteiger partial charge in [0.05, 0.1) is 108 Å². The number of likely N-dealkylation sites (N-methyl/N-ethyl adjacent to an activating group) is 5. The monoisotopic (exact) mass is 1770 g/mol. The van der Waals surface area contributed by atoms with Gasteiger partial charge in [-0.15, -0.1) is 0 Å². The molecule has 0 aliphatic carbocycles. The molecule has 0 bridgehead atoms. The molecule has 6 fully saturated rings. The molecule has 6 rings (SSSR count). The van der Waals surface area contributed by atoms with Crippen LogP contribution in [0.1, 0.15) is 238 Å². The average molecular weight is 1770 g/mol. The molecule has 6 aliphatic heterocycles. The highest BCUT2D eigenvalue weighted by atomic mass is 16.7. The number of cyclic esters (lactones) is 3. The minimum atomic E-state index is -1.75. The summed E-state index contributed by atoms with van der Waals surface area (Å²) in [4.78, 5) is 50.6. The van der Waals surface area contributed by atoms with E-state index in [1.165, 1.54) is 20.8 Å². The Balaban J connectivity index is 0.000000388. The van der Waals surface area contributed by atoms with Crippen molar-refractivity contribution in [3.63, 3.8) is 0 Å². The van der Waals surface area contributed by atoms with Gasteiger partial charge in [0.2, 0.25) is 0 Å². The van der Waals surface area contributed by atoms with Crippen molar-refractivity contribution in [1.82, 2.24) is 24.5 Å². The Hall–Kier alpha value is -2.67. The van der Waals surface area contributed by atoms with Crippen molar-refractivity contribution >= 4 is 17.9 Å². The van der Waals surface area contributed by atoms with Crippen LogP contribution >= 0.6 is 0 Å². The minimum absolute atomic E-state index is 0.0805. The van der Waals surface area contributed by atoms with Gasteiger partial charge in [0.15, 0.2) is 18.9 Å². The summed E-state index contributed by atoms with van der Waals surface area (Å²) in [7, 11) is 9.20. The number of rotatable bonds is 13. The van der Waals surface area contributed by atoms with Crippen LogP contribution in [-0.4, -0.2) is 386 Å². The molecule has 33 heteroatoms. The van der Waals surface area contributed by atoms with Crippen molar-refractivity contribution in [3.8, 4) is 0 Å². The van der Waals surface area contributed by atoms with Gasteiger partial charge in [0.1, 0.15) is 53.4 Å². The van der Waals surface area contributed by atoms with Gasteiger partial charge < -0.3 is 145 Å². The maximum atomic E-state index is 13.7. The normalized spacial score (nSPS) is 48.3. The van der Waals surface area contributed by atoms with Gasteiger partial charge >= 0.3 is 17.9 Å². The summed E-state index contributed by atoms with van der Waals surface area (Å²) in [6, 6.07) is -2.55. The maximum absolute atomic E-state index is 13.7. The Morgan fingerprint density at radius 2 is 0.634 bits per heavy atom. The summed E-state index contributed by atoms with van der Waals surface area (Å²) in [5.41, 5.74) is -3.73. The number of ether oxygens (including phenoxy) is 9. The quantitative estimate of drug-likeness (QED) is 0.0930. The molecule has 6 aliphatic rings. The van der Waals surface area contributed by atoms with Crippen LogP contribution in [0.25, 0.3) is 0 Å². The van der Waals surface area contributed by atoms with E-state index in [1.807, 2.05) is 89.5 Å². The van der Waals surface area contributed by atoms with E-state index in [1.54, 1.807) is 125 Å². The SMILES string of the molecule is CC[C@H]1OC(=O)[C@H](C)[C@@H](O[C@H]2CC(N(C)C)[C@H](O)C(C)O2)[C@H](C)[C@@H](O)[C@](C)(O)C[C@@H](C)CN(C)[C@H](C)[C@@H](O)[C@]1(C)O.CC[C@H]1OC(=O)[C@H](C)[C@@H](O[C@H]2CC(N(CC)CC)[C@H](O)C(C)O2)[C@H](C)[C@@H](O)[C@](C)(O)C[C@@H](C)CN(C)[C@H](C)[C@@H](O)[C@]1(C)O.CC[C@H]1OC(=O)[C@H](C)[C@@H](O[C@H]2CC(N)[C@H](O)C(C)O2)[C@H](C)[C@@H](O)[C@](C)(O)C[C@@H](C)CN(C)[C@H](C)[C@@H](O)[C@]1(C)O. The fourth-order valence-electron chi connectivity index (χ4n) is 20.2. The van der Waals surface area contributed by atoms with Crippen LogP contribution in [0.2, 0.25) is 0 Å². The van der Waals surface area contributed by atoms with Crippen LogP contribution in [0.15, 0.2) is 0 Å². The first-order valence-corrected chi connectivity index (χ1v) is 45.7. The van der Waals surface area contributed by atoms with Crippen LogP contribution in [0.5, 0.6) is 0 Å². The molecule has 123 heavy (non-hydrogen) atoms. The van der Waals surface area contributed by atoms with Crippen molar-refractivity contribution in [2.75, 3.05) is 68.0 Å². The largest absolute Gasteiger partial charge is 0.459 e. The summed E-state index contributed by atoms with van der Waals surface area (Å²) >= 11 is 0. The highest BCUT2D eigenvalue weighted by Gasteiger charge is 2.55. The summed E-state index contributed by atoms with van der Waals surface area (Å²) in [6.45, 7) is 47.9. The smallest absolute Gasteiger partial charge is 0.311 e. The Kier molecular flexibility index (Phi) is 43.1. The van der Waals surface area contributed by atoms with E-state index >= 15 is 0 Å². The minimum Gasteiger partial charge on any atom is -0.459 e. The molecule has 0 saturated carbocycles. The van der Waals surface area contributed by atoms with Gasteiger partial charge in [0.25, 0.3) is 0 Å². The van der Waals surface area contributed by atoms with Gasteiger partial charge in [-0.05, 0) is 208 Å². The van der Waals surface area contributed by atoms with Crippen LogP contribution < -0.4 is 5.73 Å². The van der Waals surface area contributed by atoms with Gasteiger partial charge in [-0.2, -0.15) is 0 Å². The van der Waals surface area contributed by atoms with Crippen molar-refractivity contribution < 1.29 is 134 Å². The predicted octanol–water partition coefficient (Wildman–Crippen LogP) is 3.10. The fourth-order valence-corrected chi connectivity index (χ4v) is 20.2. The number of aliphatic hydroxyl groups excluding tert-OH is 9. The van der Waals surface area contributed by atoms with Gasteiger partial charge in [-0.1, -0.05) is 76.2 Å². The molecule has 6 saturated heterocycles. The average Bonchev–Trinajstić information content (AvgIpc) is 1.79. The molecule has 42 atom stereocenters. The summed E-state index contributed by atoms with van der Waals surface area (Å²) in [5, 5.41) is 169. The highest BCUT2D eigenvalue weighted by molar-refractivity contribution is 5.74. The first-order valence-electron chi connectivity index (χ1n) is 45.7. The lowest BCUT2D eigenvalue weighted by Gasteiger charge is -2.45. The second-order valence-corrected chi connectivity index (χ2v) is 40.1. The number of carbonyl (C=O) groups excluding carboxylic acids is 3. The molecular weight excluding hydrogens is 1600 g/mol. The van der Waals surface area contributed by atoms with Gasteiger partial charge in [-0.3, -0.25) is 19.3 Å². The summed E-state index contributed by atoms with van der Waals surface area (Å²) in [6.07, 6.45) is -17.4. The van der Waals surface area contributed by atoms with Gasteiger partial charge in [-0.25, -0.2) is 0 Å². The van der Waals surface area contributed by atoms with Crippen LogP contribution in [0.3, 0.4) is 0 Å². The zero-order valence-electron chi connectivity index (χ0n) is 80.6. The Bertz CT molecular complexity index is 3130. The molecule has 17 N–H and O–H groups in total. The Labute approximate surface area is 736 Å². The number of nitrogens with two attached hydrogens (primary N) is 1. The van der Waals surface area contributed by atoms with Crippen molar-refractivity contribution in [2.24, 2.45) is 59.0 Å². The van der Waals surface area contributed by atoms with Crippen molar-refractivity contribution in [3.05, 3.63) is 0 Å². The summed E-state index contributed by atoms with van der Waals surface area (Å²) < 4.78 is 54.6. The van der Waals surface area contributed by atoms with E-state index in [9.17, 15) is 91.0 Å². The van der Waals surface area contributed by atoms with Gasteiger partial charge in [0, 0.05) is 92.9 Å². The number of esters is 3. The number of carbonyl (C=O) groups is 3. The lowest BCUT2D eigenvalue weighted by Crippen LogP contribution is -2.59. The number of hydrogen-bond donors (Lipinski definition) is 16. The van der Waals surface area contributed by atoms with Crippen molar-refractivity contribution in [2.45, 2.75) is 436 Å². The zero-order chi connectivity index (χ0) is 94.7. The summed E-state index contributed by atoms with van der Waals surface area (Å²) in [5.74, 6) is -7.25. The molecule has 0 aromatic heterocycles. The molecule has 6 unspecified atom stereocenters. The van der Waals surface area contributed by atoms with E-state index < -0.39 is 240 Å². The molecule has 0 spiro atoms. The third-order valence-corrected chi connectivity index (χ3v) is 28.7. The van der Waals surface area contributed by atoms with E-state index in [4.69, 9.17) is 48.4 Å². The molecule has 0 aromatic carbocycles. The number of aliphatic hydroxyl groups is 15. The highest BCUT2D eigenvalue weighted by Crippen LogP contribution is 2.42. The Morgan fingerprint density at radius 1 is 0.390 bits per heavy atom. The molecular formula is C90H174N6O27. The maximum Gasteiger partial charge on any atom is 0.311 e. The molecule has 0 aromatic rings. The molecule has 0 radical (unpaired) electrons. The molecule has 6 heterocycles. The third kappa shape index (κ3) is 28.4. The molecule has 726 valence electrons. The fraction of sp³-hybridized carbons (Fsp3) is 0.967. The third-order valence-electron chi connectivity index (χ3n) is 28.7. The van der Waals surface area contributed by atoms with Crippen LogP contribution in [-0.2, 0) is 57.0 Å². The molecule has 33 nitrogen and oxygen atoms in total. The standard InChI is InChI=1S/C32H62N2O9.C30H58N2O9.C28H54N2O9/c1-12-24-32(10,40)29(37)21(7)33(11)17-18(4)16-31(9,39)28(36)19(5)27(20(6)30(38)42-24)43-25-15-23(34(13-2)14-3)26(35)22(8)41-25;1-12-22-30(8,38)27(35)19(5)32(11)15-16(2)14-29(7,37)26(34)17(3)25(18(4)28(36)40-22)41-23-13-21(31(9)10)24(33)20(6)39-23;1-10-20-28(8,36)25(33)17(5)30(9)13-14(2)12-27(7,35)24(32)15(3)23(16(4)26(34)38-20)39-21-11-19(29)22(31)18(6)37-21/h18-29,35-37,39-40H,12-17H2,1-11H3;16-27,33-35,37-38H,12-15H2,1-11H3;14-25,31-33,35-36H,10-13,29H2,1-9H3/t18-,19+,20-,21-,22?,23?,24-,25+,26-,27+,28-,29-,31-,32-;16-,17+,18-,19-,20?,21?,22-,23+,24-,25+,26-,27-,29-,30-;14-,15+,16-,17-,18?,19?,20-,21+,22-,23+,24-,25-,27-,28-/m111/s1. The first-order chi connectivity index (χ1) is 56.4. The van der Waals surface area contributed by atoms with Crippen molar-refractivity contribution in [1.29, 1.82) is 0 Å². The van der Waals surface area contributed by atoms with E-state index in [0.29, 0.717) is 32.5 Å². The second-order valence-electron chi connectivity index (χ2n) is 40.1. The van der Waals surface area contributed by atoms with E-state index in [2.05, 4.69) is 4.90 Å². The van der Waals surface area contributed by atoms with Crippen LogP contribution in [0, 0.1) is 53.3 Å². The molecule has 0 amide bonds. The predicted molar refractivity (Wildman–Crippen MR) is 465 cm³/mol. The number of nitrogens with zero attached hydrogens (tertiary/aromatic N) is 5. The topological polar surface area (TPSA) is 480 Å². The second kappa shape index (κ2) is 47.1. The zero-order valence-corrected chi connectivity index (χ0v) is 80.6. The number of hydrogen-bond acceptors (Lipinski definition) is 33. The van der Waals surface area contributed by atoms with Crippen LogP contribution in [0.4, 0.5) is 0 Å². The first kappa shape index (κ1) is 113. The lowest BCUT2D eigenvalue weighted by molar-refractivity contribution is -0.270. The lowest BCUT2D eigenvalue weighted by atomic mass is 9.78. The van der Waals surface area contributed by atoms with E-state index in [0.717, 1.165) is 13.1 Å². The van der Waals surface area contributed by atoms with E-state index in [-0.39, 0.29) is 74.8 Å². The Morgan fingerprint density at radius 3 is 0.878 bits per heavy atom.